The second-order valence-corrected chi connectivity index (χ2v) is 7.13. The Morgan fingerprint density at radius 2 is 1.70 bits per heavy atom. The lowest BCUT2D eigenvalue weighted by Crippen LogP contribution is -2.39. The molecule has 0 bridgehead atoms. The number of hydrogen-bond donors (Lipinski definition) is 1. The highest BCUT2D eigenvalue weighted by molar-refractivity contribution is 7.92. The van der Waals surface area contributed by atoms with E-state index >= 15 is 0 Å². The monoisotopic (exact) mass is 332 g/mol. The molecule has 0 aliphatic heterocycles. The molecular weight excluding hydrogens is 312 g/mol. The van der Waals surface area contributed by atoms with Gasteiger partial charge in [0, 0.05) is 7.05 Å². The highest BCUT2D eigenvalue weighted by Crippen LogP contribution is 2.25. The van der Waals surface area contributed by atoms with E-state index in [1.807, 2.05) is 19.9 Å². The van der Waals surface area contributed by atoms with Crippen LogP contribution in [-0.4, -0.2) is 27.9 Å². The molecule has 5 nitrogen and oxygen atoms in total. The van der Waals surface area contributed by atoms with Crippen LogP contribution in [0, 0.1) is 13.8 Å². The van der Waals surface area contributed by atoms with Gasteiger partial charge in [0.25, 0.3) is 10.0 Å². The lowest BCUT2D eigenvalue weighted by molar-refractivity contribution is -0.119. The number of anilines is 1. The molecule has 0 atom stereocenters. The first kappa shape index (κ1) is 17.0. The Hall–Kier alpha value is -2.34. The number of nitrogens with one attached hydrogen (secondary N) is 1. The van der Waals surface area contributed by atoms with Crippen molar-refractivity contribution < 1.29 is 13.2 Å². The average Bonchev–Trinajstić information content (AvgIpc) is 2.55. The first-order valence-corrected chi connectivity index (χ1v) is 8.66. The quantitative estimate of drug-likeness (QED) is 0.913. The summed E-state index contributed by atoms with van der Waals surface area (Å²) in [5.74, 6) is -0.372. The third-order valence-corrected chi connectivity index (χ3v) is 5.46. The van der Waals surface area contributed by atoms with Crippen LogP contribution in [0.5, 0.6) is 0 Å². The Balaban J connectivity index is 2.54. The minimum atomic E-state index is -3.82. The second-order valence-electron chi connectivity index (χ2n) is 5.27. The predicted molar refractivity (Wildman–Crippen MR) is 91.0 cm³/mol. The average molecular weight is 332 g/mol. The molecule has 0 heterocycles. The number of amides is 1. The summed E-state index contributed by atoms with van der Waals surface area (Å²) in [5.41, 5.74) is 2.50. The molecule has 0 fully saturated rings. The van der Waals surface area contributed by atoms with Crippen LogP contribution in [0.15, 0.2) is 53.4 Å². The van der Waals surface area contributed by atoms with Crippen LogP contribution in [0.25, 0.3) is 0 Å². The van der Waals surface area contributed by atoms with Crippen molar-refractivity contribution in [3.05, 3.63) is 59.7 Å². The fourth-order valence-electron chi connectivity index (χ4n) is 2.12. The molecule has 23 heavy (non-hydrogen) atoms. The first-order valence-electron chi connectivity index (χ1n) is 7.22. The molecule has 0 aliphatic carbocycles. The molecule has 2 aromatic carbocycles. The number of aryl methyl sites for hydroxylation is 2. The summed E-state index contributed by atoms with van der Waals surface area (Å²) in [6.45, 7) is 3.59. The zero-order valence-electron chi connectivity index (χ0n) is 13.4. The van der Waals surface area contributed by atoms with Gasteiger partial charge < -0.3 is 5.32 Å². The number of nitrogens with zero attached hydrogens (tertiary/aromatic N) is 1. The lowest BCUT2D eigenvalue weighted by Gasteiger charge is -2.24. The Labute approximate surface area is 137 Å². The molecule has 0 aromatic heterocycles. The van der Waals surface area contributed by atoms with Crippen LogP contribution in [0.2, 0.25) is 0 Å². The van der Waals surface area contributed by atoms with Crippen LogP contribution in [-0.2, 0) is 14.8 Å². The van der Waals surface area contributed by atoms with Gasteiger partial charge in [-0.05, 0) is 49.2 Å². The maximum absolute atomic E-state index is 12.9. The van der Waals surface area contributed by atoms with Gasteiger partial charge in [-0.25, -0.2) is 8.42 Å². The minimum Gasteiger partial charge on any atom is -0.358 e. The number of hydrogen-bond acceptors (Lipinski definition) is 3. The van der Waals surface area contributed by atoms with E-state index in [-0.39, 0.29) is 17.3 Å². The Morgan fingerprint density at radius 1 is 1.04 bits per heavy atom. The van der Waals surface area contributed by atoms with Crippen molar-refractivity contribution >= 4 is 21.6 Å². The van der Waals surface area contributed by atoms with Gasteiger partial charge in [0.1, 0.15) is 6.54 Å². The van der Waals surface area contributed by atoms with Crippen molar-refractivity contribution in [3.8, 4) is 0 Å². The first-order chi connectivity index (χ1) is 10.9. The Morgan fingerprint density at radius 3 is 2.26 bits per heavy atom. The normalized spacial score (nSPS) is 11.1. The van der Waals surface area contributed by atoms with Gasteiger partial charge in [-0.1, -0.05) is 24.3 Å². The number of benzene rings is 2. The summed E-state index contributed by atoms with van der Waals surface area (Å²) in [7, 11) is -2.33. The lowest BCUT2D eigenvalue weighted by atomic mass is 10.1. The maximum atomic E-state index is 12.9. The van der Waals surface area contributed by atoms with E-state index < -0.39 is 10.0 Å². The highest BCUT2D eigenvalue weighted by atomic mass is 32.2. The molecule has 0 radical (unpaired) electrons. The van der Waals surface area contributed by atoms with Crippen LogP contribution in [0.4, 0.5) is 5.69 Å². The van der Waals surface area contributed by atoms with E-state index in [0.717, 1.165) is 15.4 Å². The van der Waals surface area contributed by atoms with Crippen molar-refractivity contribution in [1.82, 2.24) is 5.32 Å². The van der Waals surface area contributed by atoms with E-state index in [2.05, 4.69) is 5.32 Å². The predicted octanol–water partition coefficient (Wildman–Crippen LogP) is 2.24. The molecule has 1 amide bonds. The van der Waals surface area contributed by atoms with E-state index in [1.54, 1.807) is 30.3 Å². The van der Waals surface area contributed by atoms with Crippen LogP contribution in [0.1, 0.15) is 11.1 Å². The number of rotatable bonds is 5. The zero-order chi connectivity index (χ0) is 17.0. The number of likely N-dealkylation sites (N-methyl/N-ethyl adjacent to an activating group) is 1. The van der Waals surface area contributed by atoms with Gasteiger partial charge in [0.05, 0.1) is 10.6 Å². The van der Waals surface area contributed by atoms with Gasteiger partial charge in [0.2, 0.25) is 5.91 Å². The molecule has 0 aliphatic rings. The van der Waals surface area contributed by atoms with Gasteiger partial charge in [-0.2, -0.15) is 0 Å². The molecule has 6 heteroatoms. The third-order valence-electron chi connectivity index (χ3n) is 3.68. The highest BCUT2D eigenvalue weighted by Gasteiger charge is 2.26. The second kappa shape index (κ2) is 6.83. The van der Waals surface area contributed by atoms with Crippen molar-refractivity contribution in [1.29, 1.82) is 0 Å². The van der Waals surface area contributed by atoms with Crippen molar-refractivity contribution in [2.24, 2.45) is 0 Å². The largest absolute Gasteiger partial charge is 0.358 e. The maximum Gasteiger partial charge on any atom is 0.264 e. The molecule has 1 N–H and O–H groups in total. The molecule has 0 spiro atoms. The van der Waals surface area contributed by atoms with E-state index in [0.29, 0.717) is 5.69 Å². The third kappa shape index (κ3) is 3.71. The van der Waals surface area contributed by atoms with Crippen molar-refractivity contribution in [2.45, 2.75) is 18.7 Å². The van der Waals surface area contributed by atoms with Gasteiger partial charge in [-0.3, -0.25) is 9.10 Å². The molecule has 2 aromatic rings. The van der Waals surface area contributed by atoms with E-state index in [1.165, 1.54) is 19.2 Å². The fourth-order valence-corrected chi connectivity index (χ4v) is 3.56. The number of carbonyl (C=O) groups is 1. The topological polar surface area (TPSA) is 66.5 Å². The molecule has 0 saturated carbocycles. The Bertz CT molecular complexity index is 802. The molecule has 2 rings (SSSR count). The van der Waals surface area contributed by atoms with Crippen molar-refractivity contribution in [2.75, 3.05) is 17.9 Å². The number of sulfonamides is 1. The summed E-state index contributed by atoms with van der Waals surface area (Å²) >= 11 is 0. The Kier molecular flexibility index (Phi) is 5.05. The SMILES string of the molecule is CNC(=O)CN(c1ccc(C)c(C)c1)S(=O)(=O)c1ccccc1. The van der Waals surface area contributed by atoms with Crippen LogP contribution in [0.3, 0.4) is 0 Å². The van der Waals surface area contributed by atoms with Crippen molar-refractivity contribution in [3.63, 3.8) is 0 Å². The zero-order valence-corrected chi connectivity index (χ0v) is 14.2. The van der Waals surface area contributed by atoms with Gasteiger partial charge in [-0.15, -0.1) is 0 Å². The summed E-state index contributed by atoms with van der Waals surface area (Å²) in [4.78, 5) is 12.0. The van der Waals surface area contributed by atoms with E-state index in [4.69, 9.17) is 0 Å². The fraction of sp³-hybridized carbons (Fsp3) is 0.235. The summed E-state index contributed by atoms with van der Waals surface area (Å²) in [6, 6.07) is 13.4. The minimum absolute atomic E-state index is 0.155. The number of carbonyl (C=O) groups excluding carboxylic acids is 1. The smallest absolute Gasteiger partial charge is 0.264 e. The molecule has 122 valence electrons. The molecular formula is C17H20N2O3S. The standard InChI is InChI=1S/C17H20N2O3S/c1-13-9-10-15(11-14(13)2)19(12-17(20)18-3)23(21,22)16-7-5-4-6-8-16/h4-11H,12H2,1-3H3,(H,18,20). The summed E-state index contributed by atoms with van der Waals surface area (Å²) in [5, 5.41) is 2.47. The molecule has 0 saturated heterocycles. The van der Waals surface area contributed by atoms with Gasteiger partial charge in [0.15, 0.2) is 0 Å². The summed E-state index contributed by atoms with van der Waals surface area (Å²) < 4.78 is 27.0. The van der Waals surface area contributed by atoms with E-state index in [9.17, 15) is 13.2 Å². The van der Waals surface area contributed by atoms with Crippen LogP contribution < -0.4 is 9.62 Å². The molecule has 0 unspecified atom stereocenters. The van der Waals surface area contributed by atoms with Gasteiger partial charge >= 0.3 is 0 Å². The summed E-state index contributed by atoms with van der Waals surface area (Å²) in [6.07, 6.45) is 0. The van der Waals surface area contributed by atoms with Crippen LogP contribution >= 0.6 is 0 Å².